The van der Waals surface area contributed by atoms with Crippen molar-refractivity contribution in [1.82, 2.24) is 0 Å². The van der Waals surface area contributed by atoms with Crippen molar-refractivity contribution in [3.05, 3.63) is 89.5 Å². The number of hydrogen-bond acceptors (Lipinski definition) is 5. The number of phenols is 2. The van der Waals surface area contributed by atoms with Gasteiger partial charge in [-0.25, -0.2) is 4.99 Å². The molecule has 3 aromatic rings. The Bertz CT molecular complexity index is 1290. The summed E-state index contributed by atoms with van der Waals surface area (Å²) in [6, 6.07) is 22.4. The molecule has 1 aliphatic carbocycles. The number of benzene rings is 3. The number of aliphatic imine (C=N–C) groups is 2. The zero-order valence-electron chi connectivity index (χ0n) is 21.1. The summed E-state index contributed by atoms with van der Waals surface area (Å²) in [6.07, 6.45) is 6.20. The SMILES string of the molecule is CC(C)(C)[C@@H]1CC[C@]2(N=Cc3ccccc3O)Oc3ccccc3[C@H](N=Cc3ccccc3O)[C@@H]2C1. The van der Waals surface area contributed by atoms with E-state index in [9.17, 15) is 10.2 Å². The lowest BCUT2D eigenvalue weighted by Crippen LogP contribution is -2.52. The molecule has 0 radical (unpaired) electrons. The minimum Gasteiger partial charge on any atom is -0.507 e. The average Bonchev–Trinajstić information content (AvgIpc) is 2.86. The smallest absolute Gasteiger partial charge is 0.205 e. The van der Waals surface area contributed by atoms with Gasteiger partial charge in [0.25, 0.3) is 0 Å². The first kappa shape index (κ1) is 24.1. The molecule has 186 valence electrons. The Morgan fingerprint density at radius 3 is 2.14 bits per heavy atom. The summed E-state index contributed by atoms with van der Waals surface area (Å²) < 4.78 is 6.75. The summed E-state index contributed by atoms with van der Waals surface area (Å²) >= 11 is 0. The van der Waals surface area contributed by atoms with Crippen LogP contribution < -0.4 is 4.74 Å². The van der Waals surface area contributed by atoms with Gasteiger partial charge in [-0.15, -0.1) is 0 Å². The van der Waals surface area contributed by atoms with Crippen LogP contribution in [0.4, 0.5) is 0 Å². The van der Waals surface area contributed by atoms with Gasteiger partial charge in [-0.3, -0.25) is 4.99 Å². The van der Waals surface area contributed by atoms with Crippen molar-refractivity contribution in [3.63, 3.8) is 0 Å². The van der Waals surface area contributed by atoms with E-state index in [4.69, 9.17) is 14.7 Å². The van der Waals surface area contributed by atoms with E-state index < -0.39 is 5.72 Å². The van der Waals surface area contributed by atoms with Crippen LogP contribution in [0.1, 0.15) is 62.8 Å². The Labute approximate surface area is 213 Å². The van der Waals surface area contributed by atoms with E-state index >= 15 is 0 Å². The van der Waals surface area contributed by atoms with Crippen LogP contribution in [0.25, 0.3) is 0 Å². The summed E-state index contributed by atoms with van der Waals surface area (Å²) in [6.45, 7) is 6.90. The van der Waals surface area contributed by atoms with Crippen LogP contribution in [0.3, 0.4) is 0 Å². The molecule has 5 nitrogen and oxygen atoms in total. The normalized spacial score (nSPS) is 25.9. The molecule has 5 rings (SSSR count). The average molecular weight is 483 g/mol. The highest BCUT2D eigenvalue weighted by Crippen LogP contribution is 2.56. The topological polar surface area (TPSA) is 74.4 Å². The summed E-state index contributed by atoms with van der Waals surface area (Å²) in [5.74, 6) is 1.68. The van der Waals surface area contributed by atoms with Gasteiger partial charge < -0.3 is 14.9 Å². The van der Waals surface area contributed by atoms with Crippen molar-refractivity contribution < 1.29 is 14.9 Å². The lowest BCUT2D eigenvalue weighted by atomic mass is 9.63. The number of nitrogens with zero attached hydrogens (tertiary/aromatic N) is 2. The minimum absolute atomic E-state index is 0.00501. The Hall–Kier alpha value is -3.60. The van der Waals surface area contributed by atoms with E-state index in [2.05, 4.69) is 26.8 Å². The number of phenolic OH excluding ortho intramolecular Hbond substituents is 2. The molecular formula is C31H34N2O3. The van der Waals surface area contributed by atoms with Crippen LogP contribution in [0, 0.1) is 17.3 Å². The van der Waals surface area contributed by atoms with Gasteiger partial charge in [0.2, 0.25) is 5.72 Å². The lowest BCUT2D eigenvalue weighted by molar-refractivity contribution is -0.0717. The molecule has 1 aliphatic heterocycles. The van der Waals surface area contributed by atoms with Gasteiger partial charge in [0.05, 0.1) is 6.04 Å². The maximum atomic E-state index is 10.3. The van der Waals surface area contributed by atoms with Crippen LogP contribution in [-0.4, -0.2) is 28.4 Å². The third-order valence-corrected chi connectivity index (χ3v) is 7.77. The van der Waals surface area contributed by atoms with E-state index in [1.807, 2.05) is 48.5 Å². The molecule has 1 saturated carbocycles. The van der Waals surface area contributed by atoms with Crippen molar-refractivity contribution >= 4 is 12.4 Å². The van der Waals surface area contributed by atoms with Gasteiger partial charge in [0, 0.05) is 41.5 Å². The molecular weight excluding hydrogens is 448 g/mol. The van der Waals surface area contributed by atoms with Crippen molar-refractivity contribution in [1.29, 1.82) is 0 Å². The number of aromatic hydroxyl groups is 2. The molecule has 36 heavy (non-hydrogen) atoms. The molecule has 1 heterocycles. The Morgan fingerprint density at radius 2 is 1.47 bits per heavy atom. The highest BCUT2D eigenvalue weighted by Gasteiger charge is 2.54. The second-order valence-corrected chi connectivity index (χ2v) is 11.0. The predicted octanol–water partition coefficient (Wildman–Crippen LogP) is 6.93. The summed E-state index contributed by atoms with van der Waals surface area (Å²) in [5, 5.41) is 20.7. The summed E-state index contributed by atoms with van der Waals surface area (Å²) in [4.78, 5) is 10.2. The van der Waals surface area contributed by atoms with E-state index in [1.165, 1.54) is 0 Å². The molecule has 0 unspecified atom stereocenters. The van der Waals surface area contributed by atoms with Crippen molar-refractivity contribution in [2.45, 2.75) is 51.8 Å². The fourth-order valence-electron chi connectivity index (χ4n) is 5.59. The second-order valence-electron chi connectivity index (χ2n) is 11.0. The quantitative estimate of drug-likeness (QED) is 0.396. The van der Waals surface area contributed by atoms with Crippen molar-refractivity contribution in [2.75, 3.05) is 0 Å². The first-order valence-electron chi connectivity index (χ1n) is 12.7. The van der Waals surface area contributed by atoms with Gasteiger partial charge in [-0.1, -0.05) is 63.2 Å². The molecule has 2 N–H and O–H groups in total. The number of rotatable bonds is 4. The van der Waals surface area contributed by atoms with Crippen LogP contribution in [-0.2, 0) is 0 Å². The summed E-state index contributed by atoms with van der Waals surface area (Å²) in [5.41, 5.74) is 1.75. The number of ether oxygens (including phenoxy) is 1. The molecule has 0 amide bonds. The predicted molar refractivity (Wildman–Crippen MR) is 144 cm³/mol. The van der Waals surface area contributed by atoms with Gasteiger partial charge in [0.15, 0.2) is 0 Å². The Morgan fingerprint density at radius 1 is 0.861 bits per heavy atom. The zero-order chi connectivity index (χ0) is 25.3. The first-order chi connectivity index (χ1) is 17.3. The van der Waals surface area contributed by atoms with Crippen LogP contribution in [0.15, 0.2) is 82.8 Å². The van der Waals surface area contributed by atoms with Gasteiger partial charge in [-0.2, -0.15) is 0 Å². The van der Waals surface area contributed by atoms with E-state index in [0.717, 1.165) is 30.6 Å². The number of fused-ring (bicyclic) bond motifs is 2. The molecule has 3 aromatic carbocycles. The Kier molecular flexibility index (Phi) is 6.33. The van der Waals surface area contributed by atoms with Gasteiger partial charge in [0.1, 0.15) is 17.2 Å². The second kappa shape index (κ2) is 9.45. The minimum atomic E-state index is -0.793. The maximum absolute atomic E-state index is 10.3. The lowest BCUT2D eigenvalue weighted by Gasteiger charge is -2.51. The van der Waals surface area contributed by atoms with E-state index in [-0.39, 0.29) is 28.9 Å². The number of para-hydroxylation sites is 3. The van der Waals surface area contributed by atoms with E-state index in [1.54, 1.807) is 30.6 Å². The van der Waals surface area contributed by atoms with Gasteiger partial charge >= 0.3 is 0 Å². The third-order valence-electron chi connectivity index (χ3n) is 7.77. The van der Waals surface area contributed by atoms with Crippen LogP contribution >= 0.6 is 0 Å². The zero-order valence-corrected chi connectivity index (χ0v) is 21.1. The molecule has 5 heteroatoms. The first-order valence-corrected chi connectivity index (χ1v) is 12.7. The molecule has 0 saturated heterocycles. The Balaban J connectivity index is 1.62. The van der Waals surface area contributed by atoms with Crippen molar-refractivity contribution in [3.8, 4) is 17.2 Å². The highest BCUT2D eigenvalue weighted by molar-refractivity contribution is 5.84. The van der Waals surface area contributed by atoms with Gasteiger partial charge in [-0.05, 0) is 54.5 Å². The third kappa shape index (κ3) is 4.62. The molecule has 0 spiro atoms. The fraction of sp³-hybridized carbons (Fsp3) is 0.355. The van der Waals surface area contributed by atoms with Crippen LogP contribution in [0.2, 0.25) is 0 Å². The maximum Gasteiger partial charge on any atom is 0.205 e. The monoisotopic (exact) mass is 482 g/mol. The number of hydrogen-bond donors (Lipinski definition) is 2. The van der Waals surface area contributed by atoms with Crippen LogP contribution in [0.5, 0.6) is 17.2 Å². The molecule has 2 aliphatic rings. The highest BCUT2D eigenvalue weighted by atomic mass is 16.5. The standard InChI is InChI=1S/C31H34N2O3/c1-30(2,3)23-16-17-31(33-20-22-11-5-8-14-27(22)35)25(18-23)29(24-12-6-9-15-28(24)36-31)32-19-21-10-4-7-13-26(21)34/h4-15,19-20,23,25,29,34-35H,16-18H2,1-3H3/t23-,25+,29+,31+/m1/s1. The fourth-order valence-corrected chi connectivity index (χ4v) is 5.59. The largest absolute Gasteiger partial charge is 0.507 e. The van der Waals surface area contributed by atoms with Crippen molar-refractivity contribution in [2.24, 2.45) is 27.2 Å². The molecule has 0 aromatic heterocycles. The molecule has 4 atom stereocenters. The van der Waals surface area contributed by atoms with E-state index in [0.29, 0.717) is 17.0 Å². The molecule has 0 bridgehead atoms. The molecule has 1 fully saturated rings. The summed E-state index contributed by atoms with van der Waals surface area (Å²) in [7, 11) is 0.